The summed E-state index contributed by atoms with van der Waals surface area (Å²) in [7, 11) is 0. The van der Waals surface area contributed by atoms with Gasteiger partial charge in [0, 0.05) is 18.8 Å². The first kappa shape index (κ1) is 17.5. The van der Waals surface area contributed by atoms with Crippen molar-refractivity contribution in [2.45, 2.75) is 18.6 Å². The van der Waals surface area contributed by atoms with Crippen LogP contribution in [0.4, 0.5) is 5.69 Å². The van der Waals surface area contributed by atoms with Crippen molar-refractivity contribution in [3.63, 3.8) is 0 Å². The van der Waals surface area contributed by atoms with Gasteiger partial charge in [-0.05, 0) is 40.8 Å². The van der Waals surface area contributed by atoms with Crippen molar-refractivity contribution in [3.05, 3.63) is 90.0 Å². The quantitative estimate of drug-likeness (QED) is 0.482. The number of anilines is 1. The van der Waals surface area contributed by atoms with Gasteiger partial charge in [-0.3, -0.25) is 0 Å². The lowest BCUT2D eigenvalue weighted by atomic mass is 10.1. The van der Waals surface area contributed by atoms with Crippen molar-refractivity contribution in [3.8, 4) is 11.1 Å². The molecule has 0 bridgehead atoms. The number of hydrogen-bond donors (Lipinski definition) is 0. The van der Waals surface area contributed by atoms with Crippen molar-refractivity contribution in [2.24, 2.45) is 0 Å². The summed E-state index contributed by atoms with van der Waals surface area (Å²) in [6, 6.07) is 27.8. The van der Waals surface area contributed by atoms with Crippen molar-refractivity contribution < 1.29 is 9.47 Å². The van der Waals surface area contributed by atoms with Crippen LogP contribution < -0.4 is 4.90 Å². The lowest BCUT2D eigenvalue weighted by molar-refractivity contribution is 0.389. The molecule has 0 radical (unpaired) electrons. The Morgan fingerprint density at radius 3 is 1.61 bits per heavy atom. The summed E-state index contributed by atoms with van der Waals surface area (Å²) in [5, 5.41) is 0. The van der Waals surface area contributed by atoms with Crippen LogP contribution in [0.2, 0.25) is 0 Å². The fraction of sp³-hybridized carbons (Fsp3) is 0.280. The predicted octanol–water partition coefficient (Wildman–Crippen LogP) is 4.55. The van der Waals surface area contributed by atoms with Gasteiger partial charge in [-0.2, -0.15) is 0 Å². The third-order valence-corrected chi connectivity index (χ3v) is 5.48. The molecule has 2 fully saturated rings. The van der Waals surface area contributed by atoms with Gasteiger partial charge in [-0.25, -0.2) is 0 Å². The summed E-state index contributed by atoms with van der Waals surface area (Å²) in [5.74, 6) is 0. The summed E-state index contributed by atoms with van der Waals surface area (Å²) < 4.78 is 10.6. The standard InChI is InChI=1S/C13H10.C12H15NO2/c1-3-7-12-10(5-1)9-11-6-2-4-8-13(11)12;1-2-4-10(5-3-1)13(6-11-8-14-11)7-12-9-15-12/h1-8H,9H2;1-5,11-12H,6-9H2. The number of hydrogen-bond acceptors (Lipinski definition) is 3. The highest BCUT2D eigenvalue weighted by Gasteiger charge is 2.30. The molecule has 0 spiro atoms. The summed E-state index contributed by atoms with van der Waals surface area (Å²) in [6.07, 6.45) is 1.97. The Kier molecular flexibility index (Phi) is 4.86. The largest absolute Gasteiger partial charge is 0.371 e. The second-order valence-corrected chi connectivity index (χ2v) is 7.64. The van der Waals surface area contributed by atoms with Crippen LogP contribution in [0.15, 0.2) is 78.9 Å². The molecular weight excluding hydrogens is 346 g/mol. The Hall–Kier alpha value is -2.62. The summed E-state index contributed by atoms with van der Waals surface area (Å²) in [4.78, 5) is 2.36. The van der Waals surface area contributed by atoms with Gasteiger partial charge >= 0.3 is 0 Å². The molecule has 2 aliphatic heterocycles. The number of fused-ring (bicyclic) bond motifs is 3. The second kappa shape index (κ2) is 7.78. The lowest BCUT2D eigenvalue weighted by Crippen LogP contribution is -2.31. The number of para-hydroxylation sites is 1. The monoisotopic (exact) mass is 371 g/mol. The van der Waals surface area contributed by atoms with E-state index in [9.17, 15) is 0 Å². The smallest absolute Gasteiger partial charge is 0.0984 e. The van der Waals surface area contributed by atoms with Gasteiger partial charge in [0.15, 0.2) is 0 Å². The van der Waals surface area contributed by atoms with Crippen LogP contribution >= 0.6 is 0 Å². The molecule has 3 aromatic rings. The maximum atomic E-state index is 5.28. The first-order valence-corrected chi connectivity index (χ1v) is 10.1. The Morgan fingerprint density at radius 2 is 1.11 bits per heavy atom. The maximum Gasteiger partial charge on any atom is 0.0984 e. The number of rotatable bonds is 5. The highest BCUT2D eigenvalue weighted by Crippen LogP contribution is 2.35. The van der Waals surface area contributed by atoms with E-state index in [2.05, 4.69) is 77.7 Å². The fourth-order valence-corrected chi connectivity index (χ4v) is 3.84. The Balaban J connectivity index is 0.000000123. The zero-order chi connectivity index (χ0) is 18.8. The van der Waals surface area contributed by atoms with Crippen molar-refractivity contribution in [2.75, 3.05) is 31.2 Å². The molecule has 0 amide bonds. The molecule has 3 aliphatic rings. The molecule has 1 aliphatic carbocycles. The van der Waals surface area contributed by atoms with Gasteiger partial charge in [0.25, 0.3) is 0 Å². The Labute approximate surface area is 166 Å². The second-order valence-electron chi connectivity index (χ2n) is 7.64. The zero-order valence-electron chi connectivity index (χ0n) is 16.0. The van der Waals surface area contributed by atoms with Crippen LogP contribution in [-0.2, 0) is 15.9 Å². The van der Waals surface area contributed by atoms with Crippen molar-refractivity contribution in [1.29, 1.82) is 0 Å². The third-order valence-electron chi connectivity index (χ3n) is 5.48. The molecule has 0 N–H and O–H groups in total. The van der Waals surface area contributed by atoms with E-state index in [4.69, 9.17) is 9.47 Å². The van der Waals surface area contributed by atoms with E-state index in [1.54, 1.807) is 0 Å². The molecule has 0 aromatic heterocycles. The lowest BCUT2D eigenvalue weighted by Gasteiger charge is -2.23. The average molecular weight is 371 g/mol. The van der Waals surface area contributed by atoms with Crippen LogP contribution in [0.5, 0.6) is 0 Å². The number of epoxide rings is 2. The third kappa shape index (κ3) is 4.11. The van der Waals surface area contributed by atoms with Crippen LogP contribution in [0.3, 0.4) is 0 Å². The van der Waals surface area contributed by atoms with Crippen LogP contribution in [-0.4, -0.2) is 38.5 Å². The fourth-order valence-electron chi connectivity index (χ4n) is 3.84. The van der Waals surface area contributed by atoms with E-state index in [1.165, 1.54) is 27.9 Å². The number of ether oxygens (including phenoxy) is 2. The van der Waals surface area contributed by atoms with Gasteiger partial charge in [-0.15, -0.1) is 0 Å². The zero-order valence-corrected chi connectivity index (χ0v) is 16.0. The topological polar surface area (TPSA) is 28.3 Å². The van der Waals surface area contributed by atoms with E-state index in [0.717, 1.165) is 32.7 Å². The first-order chi connectivity index (χ1) is 13.9. The summed E-state index contributed by atoms with van der Waals surface area (Å²) in [6.45, 7) is 3.80. The molecule has 2 atom stereocenters. The van der Waals surface area contributed by atoms with E-state index >= 15 is 0 Å². The average Bonchev–Trinajstić information content (AvgIpc) is 3.68. The first-order valence-electron chi connectivity index (χ1n) is 10.1. The van der Waals surface area contributed by atoms with Gasteiger partial charge in [0.05, 0.1) is 25.4 Å². The molecule has 2 heterocycles. The van der Waals surface area contributed by atoms with Crippen LogP contribution in [0, 0.1) is 0 Å². The summed E-state index contributed by atoms with van der Waals surface area (Å²) in [5.41, 5.74) is 7.02. The van der Waals surface area contributed by atoms with Gasteiger partial charge in [0.1, 0.15) is 0 Å². The minimum Gasteiger partial charge on any atom is -0.371 e. The molecule has 3 heteroatoms. The predicted molar refractivity (Wildman–Crippen MR) is 113 cm³/mol. The molecule has 2 saturated heterocycles. The minimum absolute atomic E-state index is 0.434. The highest BCUT2D eigenvalue weighted by molar-refractivity contribution is 5.76. The Bertz CT molecular complexity index is 875. The van der Waals surface area contributed by atoms with E-state index in [0.29, 0.717) is 12.2 Å². The van der Waals surface area contributed by atoms with E-state index in [1.807, 2.05) is 6.07 Å². The SMILES string of the molecule is c1ccc(N(CC2CO2)CC2CO2)cc1.c1ccc2c(c1)Cc1ccccc1-2. The highest BCUT2D eigenvalue weighted by atomic mass is 16.6. The number of benzene rings is 3. The summed E-state index contributed by atoms with van der Waals surface area (Å²) >= 11 is 0. The normalized spacial score (nSPS) is 20.4. The van der Waals surface area contributed by atoms with Crippen LogP contribution in [0.25, 0.3) is 11.1 Å². The molecule has 2 unspecified atom stereocenters. The molecule has 3 aromatic carbocycles. The Morgan fingerprint density at radius 1 is 0.643 bits per heavy atom. The van der Waals surface area contributed by atoms with Gasteiger partial charge in [-0.1, -0.05) is 66.7 Å². The van der Waals surface area contributed by atoms with Gasteiger partial charge < -0.3 is 14.4 Å². The van der Waals surface area contributed by atoms with E-state index < -0.39 is 0 Å². The molecule has 28 heavy (non-hydrogen) atoms. The minimum atomic E-state index is 0.434. The molecule has 0 saturated carbocycles. The number of nitrogens with zero attached hydrogens (tertiary/aromatic N) is 1. The maximum absolute atomic E-state index is 5.28. The van der Waals surface area contributed by atoms with Crippen molar-refractivity contribution in [1.82, 2.24) is 0 Å². The van der Waals surface area contributed by atoms with Gasteiger partial charge in [0.2, 0.25) is 0 Å². The molecule has 142 valence electrons. The molecule has 6 rings (SSSR count). The molecular formula is C25H25NO2. The van der Waals surface area contributed by atoms with E-state index in [-0.39, 0.29) is 0 Å². The van der Waals surface area contributed by atoms with Crippen LogP contribution in [0.1, 0.15) is 11.1 Å². The van der Waals surface area contributed by atoms with Crippen molar-refractivity contribution >= 4 is 5.69 Å². The molecule has 3 nitrogen and oxygen atoms in total.